The molecule has 0 amide bonds. The molecule has 0 heterocycles. The quantitative estimate of drug-likeness (QED) is 0.628. The van der Waals surface area contributed by atoms with E-state index in [0.717, 1.165) is 6.26 Å². The second kappa shape index (κ2) is 5.54. The van der Waals surface area contributed by atoms with E-state index in [9.17, 15) is 13.2 Å². The highest BCUT2D eigenvalue weighted by atomic mass is 35.5. The van der Waals surface area contributed by atoms with Crippen molar-refractivity contribution in [3.63, 3.8) is 0 Å². The summed E-state index contributed by atoms with van der Waals surface area (Å²) >= 11 is 5.72. The summed E-state index contributed by atoms with van der Waals surface area (Å²) in [5, 5.41) is 0.490. The molecular formula is C12H14ClNO3S. The number of Topliss-reactive ketones (excluding diaryl/α,β-unsaturated/α-hetero) is 1. The number of carbonyl (C=O) groups is 1. The molecule has 1 aromatic carbocycles. The molecule has 0 radical (unpaired) electrons. The minimum absolute atomic E-state index is 0.241. The van der Waals surface area contributed by atoms with Crippen molar-refractivity contribution in [1.29, 1.82) is 0 Å². The normalized spacial score (nSPS) is 12.3. The minimum Gasteiger partial charge on any atom is -0.382 e. The van der Waals surface area contributed by atoms with Crippen molar-refractivity contribution in [2.24, 2.45) is 0 Å². The topological polar surface area (TPSA) is 54.5 Å². The van der Waals surface area contributed by atoms with Crippen LogP contribution in [0.4, 0.5) is 0 Å². The maximum absolute atomic E-state index is 12.1. The van der Waals surface area contributed by atoms with Gasteiger partial charge in [0.2, 0.25) is 5.78 Å². The summed E-state index contributed by atoms with van der Waals surface area (Å²) in [6.45, 7) is 0. The second-order valence-corrected chi connectivity index (χ2v) is 6.49. The lowest BCUT2D eigenvalue weighted by Gasteiger charge is -2.10. The van der Waals surface area contributed by atoms with Crippen LogP contribution in [-0.2, 0) is 9.84 Å². The number of hydrogen-bond donors (Lipinski definition) is 0. The first-order valence-corrected chi connectivity index (χ1v) is 7.37. The van der Waals surface area contributed by atoms with Crippen LogP contribution in [0.15, 0.2) is 35.4 Å². The number of ketones is 1. The first-order chi connectivity index (χ1) is 8.21. The van der Waals surface area contributed by atoms with Crippen molar-refractivity contribution in [1.82, 2.24) is 4.90 Å². The Kier molecular flexibility index (Phi) is 4.53. The molecule has 0 atom stereocenters. The van der Waals surface area contributed by atoms with Crippen molar-refractivity contribution >= 4 is 27.2 Å². The lowest BCUT2D eigenvalue weighted by molar-refractivity contribution is 0.104. The van der Waals surface area contributed by atoms with Crippen LogP contribution in [0.2, 0.25) is 5.02 Å². The molecule has 0 unspecified atom stereocenters. The summed E-state index contributed by atoms with van der Waals surface area (Å²) in [6.07, 6.45) is 2.31. The van der Waals surface area contributed by atoms with Crippen LogP contribution in [0.5, 0.6) is 0 Å². The summed E-state index contributed by atoms with van der Waals surface area (Å²) in [6, 6.07) is 6.09. The van der Waals surface area contributed by atoms with Crippen LogP contribution in [0, 0.1) is 0 Å². The maximum Gasteiger partial charge on any atom is 0.205 e. The van der Waals surface area contributed by atoms with Crippen molar-refractivity contribution in [2.45, 2.75) is 0 Å². The minimum atomic E-state index is -3.58. The number of sulfone groups is 1. The van der Waals surface area contributed by atoms with Gasteiger partial charge in [0.15, 0.2) is 9.84 Å². The largest absolute Gasteiger partial charge is 0.382 e. The Bertz CT molecular complexity index is 574. The van der Waals surface area contributed by atoms with E-state index in [0.29, 0.717) is 5.02 Å². The first-order valence-electron chi connectivity index (χ1n) is 5.10. The molecule has 0 N–H and O–H groups in total. The van der Waals surface area contributed by atoms with Gasteiger partial charge in [-0.2, -0.15) is 0 Å². The Morgan fingerprint density at radius 1 is 1.22 bits per heavy atom. The average Bonchev–Trinajstić information content (AvgIpc) is 2.24. The standard InChI is InChI=1S/C12H14ClNO3S/c1-14(2)8-11(18(3,16)17)12(15)9-4-6-10(13)7-5-9/h4-8H,1-3H3/b11-8+. The van der Waals surface area contributed by atoms with Crippen LogP contribution < -0.4 is 0 Å². The molecule has 0 saturated heterocycles. The lowest BCUT2D eigenvalue weighted by atomic mass is 10.1. The van der Waals surface area contributed by atoms with Crippen LogP contribution in [0.1, 0.15) is 10.4 Å². The van der Waals surface area contributed by atoms with Gasteiger partial charge >= 0.3 is 0 Å². The Morgan fingerprint density at radius 2 is 1.72 bits per heavy atom. The average molecular weight is 288 g/mol. The molecule has 0 aliphatic heterocycles. The van der Waals surface area contributed by atoms with Crippen molar-refractivity contribution < 1.29 is 13.2 Å². The van der Waals surface area contributed by atoms with E-state index in [1.807, 2.05) is 0 Å². The van der Waals surface area contributed by atoms with Crippen molar-refractivity contribution in [3.05, 3.63) is 46.0 Å². The fourth-order valence-electron chi connectivity index (χ4n) is 1.30. The highest BCUT2D eigenvalue weighted by Gasteiger charge is 2.22. The van der Waals surface area contributed by atoms with Crippen molar-refractivity contribution in [2.75, 3.05) is 20.4 Å². The van der Waals surface area contributed by atoms with Gasteiger partial charge in [0.25, 0.3) is 0 Å². The first kappa shape index (κ1) is 14.7. The van der Waals surface area contributed by atoms with Gasteiger partial charge in [-0.3, -0.25) is 4.79 Å². The van der Waals surface area contributed by atoms with Gasteiger partial charge in [0.1, 0.15) is 4.91 Å². The fourth-order valence-corrected chi connectivity index (χ4v) is 2.28. The van der Waals surface area contributed by atoms with E-state index in [1.165, 1.54) is 23.2 Å². The molecule has 0 fully saturated rings. The Hall–Kier alpha value is -1.33. The number of benzene rings is 1. The SMILES string of the molecule is CN(C)/C=C(\C(=O)c1ccc(Cl)cc1)S(C)(=O)=O. The molecule has 18 heavy (non-hydrogen) atoms. The third kappa shape index (κ3) is 3.85. The van der Waals surface area contributed by atoms with E-state index in [2.05, 4.69) is 0 Å². The lowest BCUT2D eigenvalue weighted by Crippen LogP contribution is -2.16. The molecule has 0 saturated carbocycles. The Labute approximate surface area is 112 Å². The summed E-state index contributed by atoms with van der Waals surface area (Å²) in [5.74, 6) is -0.539. The van der Waals surface area contributed by atoms with Gasteiger partial charge < -0.3 is 4.90 Å². The van der Waals surface area contributed by atoms with Gasteiger partial charge in [-0.1, -0.05) is 11.6 Å². The number of allylic oxidation sites excluding steroid dienone is 1. The molecular weight excluding hydrogens is 274 g/mol. The number of hydrogen-bond acceptors (Lipinski definition) is 4. The van der Waals surface area contributed by atoms with Gasteiger partial charge in [-0.05, 0) is 24.3 Å². The molecule has 98 valence electrons. The van der Waals surface area contributed by atoms with E-state index in [-0.39, 0.29) is 10.5 Å². The van der Waals surface area contributed by atoms with Crippen LogP contribution >= 0.6 is 11.6 Å². The Morgan fingerprint density at radius 3 is 2.11 bits per heavy atom. The van der Waals surface area contributed by atoms with Gasteiger partial charge in [0.05, 0.1) is 0 Å². The summed E-state index contributed by atoms with van der Waals surface area (Å²) in [7, 11) is -0.274. The Balaban J connectivity index is 3.24. The zero-order valence-corrected chi connectivity index (χ0v) is 11.9. The highest BCUT2D eigenvalue weighted by Crippen LogP contribution is 2.16. The molecule has 1 rings (SSSR count). The second-order valence-electron chi connectivity index (χ2n) is 4.07. The highest BCUT2D eigenvalue weighted by molar-refractivity contribution is 7.95. The molecule has 0 spiro atoms. The monoisotopic (exact) mass is 287 g/mol. The van der Waals surface area contributed by atoms with Crippen LogP contribution in [0.3, 0.4) is 0 Å². The number of carbonyl (C=O) groups excluding carboxylic acids is 1. The van der Waals surface area contributed by atoms with Crippen LogP contribution in [-0.4, -0.2) is 39.5 Å². The van der Waals surface area contributed by atoms with E-state index in [1.54, 1.807) is 26.2 Å². The number of nitrogens with zero attached hydrogens (tertiary/aromatic N) is 1. The van der Waals surface area contributed by atoms with Gasteiger partial charge in [-0.25, -0.2) is 8.42 Å². The number of halogens is 1. The molecule has 0 aromatic heterocycles. The molecule has 4 nitrogen and oxygen atoms in total. The zero-order valence-electron chi connectivity index (χ0n) is 10.3. The zero-order chi connectivity index (χ0) is 13.9. The van der Waals surface area contributed by atoms with Gasteiger partial charge in [0, 0.05) is 37.1 Å². The third-order valence-corrected chi connectivity index (χ3v) is 3.45. The molecule has 1 aromatic rings. The predicted molar refractivity (Wildman–Crippen MR) is 72.4 cm³/mol. The fraction of sp³-hybridized carbons (Fsp3) is 0.250. The summed E-state index contributed by atoms with van der Waals surface area (Å²) in [4.78, 5) is 13.4. The molecule has 0 aliphatic carbocycles. The molecule has 0 bridgehead atoms. The maximum atomic E-state index is 12.1. The van der Waals surface area contributed by atoms with Crippen LogP contribution in [0.25, 0.3) is 0 Å². The number of rotatable bonds is 4. The predicted octanol–water partition coefficient (Wildman–Crippen LogP) is 1.97. The smallest absolute Gasteiger partial charge is 0.205 e. The summed E-state index contributed by atoms with van der Waals surface area (Å²) < 4.78 is 23.2. The van der Waals surface area contributed by atoms with E-state index < -0.39 is 15.6 Å². The van der Waals surface area contributed by atoms with E-state index >= 15 is 0 Å². The van der Waals surface area contributed by atoms with Crippen molar-refractivity contribution in [3.8, 4) is 0 Å². The summed E-state index contributed by atoms with van der Waals surface area (Å²) in [5.41, 5.74) is 0.290. The van der Waals surface area contributed by atoms with E-state index in [4.69, 9.17) is 11.6 Å². The van der Waals surface area contributed by atoms with Gasteiger partial charge in [-0.15, -0.1) is 0 Å². The molecule has 0 aliphatic rings. The third-order valence-electron chi connectivity index (χ3n) is 2.11. The molecule has 6 heteroatoms.